The summed E-state index contributed by atoms with van der Waals surface area (Å²) >= 11 is 0. The molecule has 7 nitrogen and oxygen atoms in total. The number of carbonyl (C=O) groups is 1. The second kappa shape index (κ2) is 5.06. The number of hydrogen-bond acceptors (Lipinski definition) is 4. The van der Waals surface area contributed by atoms with Crippen LogP contribution >= 0.6 is 0 Å². The maximum atomic E-state index is 12.0. The number of aromatic hydroxyl groups is 1. The first-order chi connectivity index (χ1) is 8.92. The number of para-hydroxylation sites is 1. The maximum Gasteiger partial charge on any atom is 0.339 e. The average molecular weight is 286 g/mol. The van der Waals surface area contributed by atoms with Gasteiger partial charge in [-0.15, -0.1) is 0 Å². The molecule has 1 aromatic rings. The minimum atomic E-state index is -3.75. The summed E-state index contributed by atoms with van der Waals surface area (Å²) in [6, 6.07) is 3.88. The fourth-order valence-electron chi connectivity index (χ4n) is 1.93. The molecular formula is C11H14N2O5S. The molecule has 0 bridgehead atoms. The summed E-state index contributed by atoms with van der Waals surface area (Å²) < 4.78 is 27.5. The van der Waals surface area contributed by atoms with Crippen molar-refractivity contribution in [2.45, 2.75) is 12.8 Å². The van der Waals surface area contributed by atoms with Crippen LogP contribution in [0.5, 0.6) is 5.75 Å². The van der Waals surface area contributed by atoms with Crippen molar-refractivity contribution in [3.8, 4) is 5.75 Å². The fraction of sp³-hybridized carbons (Fsp3) is 0.364. The van der Waals surface area contributed by atoms with Gasteiger partial charge in [0.25, 0.3) is 0 Å². The minimum Gasteiger partial charge on any atom is -0.505 e. The third kappa shape index (κ3) is 2.79. The molecule has 2 rings (SSSR count). The average Bonchev–Trinajstić information content (AvgIpc) is 2.85. The highest BCUT2D eigenvalue weighted by molar-refractivity contribution is 7.90. The van der Waals surface area contributed by atoms with Crippen LogP contribution in [0.2, 0.25) is 0 Å². The number of anilines is 1. The lowest BCUT2D eigenvalue weighted by Crippen LogP contribution is -2.33. The van der Waals surface area contributed by atoms with Crippen LogP contribution in [0.3, 0.4) is 0 Å². The van der Waals surface area contributed by atoms with Crippen LogP contribution in [0.25, 0.3) is 0 Å². The van der Waals surface area contributed by atoms with E-state index in [2.05, 4.69) is 4.72 Å². The highest BCUT2D eigenvalue weighted by atomic mass is 32.2. The van der Waals surface area contributed by atoms with Crippen LogP contribution < -0.4 is 4.72 Å². The Balaban J connectivity index is 2.28. The van der Waals surface area contributed by atoms with Crippen molar-refractivity contribution in [2.75, 3.05) is 17.8 Å². The number of benzene rings is 1. The van der Waals surface area contributed by atoms with Gasteiger partial charge in [0.2, 0.25) is 0 Å². The van der Waals surface area contributed by atoms with E-state index in [0.29, 0.717) is 13.1 Å². The summed E-state index contributed by atoms with van der Waals surface area (Å²) in [4.78, 5) is 10.8. The molecule has 104 valence electrons. The van der Waals surface area contributed by atoms with Gasteiger partial charge in [0.05, 0.1) is 5.69 Å². The van der Waals surface area contributed by atoms with Crippen LogP contribution in [-0.2, 0) is 10.2 Å². The number of carboxylic acids is 1. The molecular weight excluding hydrogens is 272 g/mol. The lowest BCUT2D eigenvalue weighted by Gasteiger charge is -2.17. The molecule has 19 heavy (non-hydrogen) atoms. The van der Waals surface area contributed by atoms with Gasteiger partial charge in [-0.2, -0.15) is 12.7 Å². The molecule has 1 aromatic carbocycles. The van der Waals surface area contributed by atoms with E-state index < -0.39 is 21.9 Å². The summed E-state index contributed by atoms with van der Waals surface area (Å²) in [6.07, 6.45) is 1.59. The molecule has 0 amide bonds. The van der Waals surface area contributed by atoms with Gasteiger partial charge in [0, 0.05) is 13.1 Å². The van der Waals surface area contributed by atoms with Crippen molar-refractivity contribution in [3.63, 3.8) is 0 Å². The molecule has 0 atom stereocenters. The highest BCUT2D eigenvalue weighted by Gasteiger charge is 2.26. The number of hydrogen-bond donors (Lipinski definition) is 3. The van der Waals surface area contributed by atoms with E-state index >= 15 is 0 Å². The third-order valence-electron chi connectivity index (χ3n) is 2.91. The predicted molar refractivity (Wildman–Crippen MR) is 68.4 cm³/mol. The SMILES string of the molecule is O=C(O)c1cccc(NS(=O)(=O)N2CCCC2)c1O. The lowest BCUT2D eigenvalue weighted by molar-refractivity contribution is 0.0694. The summed E-state index contributed by atoms with van der Waals surface area (Å²) in [5, 5.41) is 18.6. The van der Waals surface area contributed by atoms with Gasteiger partial charge in [-0.25, -0.2) is 4.79 Å². The topological polar surface area (TPSA) is 107 Å². The molecule has 1 saturated heterocycles. The molecule has 3 N–H and O–H groups in total. The summed E-state index contributed by atoms with van der Waals surface area (Å²) in [5.41, 5.74) is -0.478. The summed E-state index contributed by atoms with van der Waals surface area (Å²) in [7, 11) is -3.75. The van der Waals surface area contributed by atoms with E-state index in [0.717, 1.165) is 12.8 Å². The third-order valence-corrected chi connectivity index (χ3v) is 4.43. The van der Waals surface area contributed by atoms with Crippen molar-refractivity contribution in [2.24, 2.45) is 0 Å². The van der Waals surface area contributed by atoms with Gasteiger partial charge in [-0.1, -0.05) is 6.07 Å². The second-order valence-electron chi connectivity index (χ2n) is 4.22. The van der Waals surface area contributed by atoms with Crippen LogP contribution in [0.1, 0.15) is 23.2 Å². The van der Waals surface area contributed by atoms with E-state index in [9.17, 15) is 18.3 Å². The van der Waals surface area contributed by atoms with Crippen molar-refractivity contribution >= 4 is 21.9 Å². The van der Waals surface area contributed by atoms with Crippen molar-refractivity contribution in [3.05, 3.63) is 23.8 Å². The smallest absolute Gasteiger partial charge is 0.339 e. The Hall–Kier alpha value is -1.80. The largest absolute Gasteiger partial charge is 0.505 e. The molecule has 1 aliphatic heterocycles. The first-order valence-electron chi connectivity index (χ1n) is 5.75. The zero-order chi connectivity index (χ0) is 14.0. The normalized spacial score (nSPS) is 16.4. The second-order valence-corrected chi connectivity index (χ2v) is 5.89. The van der Waals surface area contributed by atoms with Crippen molar-refractivity contribution in [1.82, 2.24) is 4.31 Å². The van der Waals surface area contributed by atoms with E-state index in [1.165, 1.54) is 22.5 Å². The first kappa shape index (κ1) is 13.6. The van der Waals surface area contributed by atoms with Gasteiger partial charge < -0.3 is 10.2 Å². The van der Waals surface area contributed by atoms with Crippen molar-refractivity contribution < 1.29 is 23.4 Å². The Morgan fingerprint density at radius 2 is 1.89 bits per heavy atom. The van der Waals surface area contributed by atoms with E-state index in [1.54, 1.807) is 0 Å². The Morgan fingerprint density at radius 1 is 1.26 bits per heavy atom. The highest BCUT2D eigenvalue weighted by Crippen LogP contribution is 2.29. The lowest BCUT2D eigenvalue weighted by atomic mass is 10.2. The Labute approximate surface area is 110 Å². The van der Waals surface area contributed by atoms with Crippen LogP contribution in [0.15, 0.2) is 18.2 Å². The molecule has 0 saturated carbocycles. The Kier molecular flexibility index (Phi) is 3.63. The number of nitrogens with one attached hydrogen (secondary N) is 1. The number of nitrogens with zero attached hydrogens (tertiary/aromatic N) is 1. The van der Waals surface area contributed by atoms with Gasteiger partial charge in [-0.3, -0.25) is 4.72 Å². The molecule has 8 heteroatoms. The molecule has 0 spiro atoms. The van der Waals surface area contributed by atoms with Gasteiger partial charge in [0.15, 0.2) is 5.75 Å². The van der Waals surface area contributed by atoms with Crippen molar-refractivity contribution in [1.29, 1.82) is 0 Å². The molecule has 1 aliphatic rings. The Morgan fingerprint density at radius 3 is 2.47 bits per heavy atom. The number of rotatable bonds is 4. The summed E-state index contributed by atoms with van der Waals surface area (Å²) in [5.74, 6) is -1.91. The fourth-order valence-corrected chi connectivity index (χ4v) is 3.24. The van der Waals surface area contributed by atoms with E-state index in [-0.39, 0.29) is 11.3 Å². The minimum absolute atomic E-state index is 0.133. The number of carboxylic acid groups (broad SMARTS) is 1. The van der Waals surface area contributed by atoms with Crippen LogP contribution in [0.4, 0.5) is 5.69 Å². The van der Waals surface area contributed by atoms with Crippen LogP contribution in [0, 0.1) is 0 Å². The van der Waals surface area contributed by atoms with E-state index in [4.69, 9.17) is 5.11 Å². The molecule has 0 radical (unpaired) electrons. The maximum absolute atomic E-state index is 12.0. The number of phenols is 1. The summed E-state index contributed by atoms with van der Waals surface area (Å²) in [6.45, 7) is 0.851. The molecule has 1 heterocycles. The first-order valence-corrected chi connectivity index (χ1v) is 7.19. The molecule has 0 unspecified atom stereocenters. The Bertz CT molecular complexity index is 593. The zero-order valence-corrected chi connectivity index (χ0v) is 10.9. The molecule has 0 aromatic heterocycles. The standard InChI is InChI=1S/C11H14N2O5S/c14-10-8(11(15)16)4-3-5-9(10)12-19(17,18)13-6-1-2-7-13/h3-5,12,14H,1-2,6-7H2,(H,15,16). The monoisotopic (exact) mass is 286 g/mol. The van der Waals surface area contributed by atoms with Gasteiger partial charge in [0.1, 0.15) is 5.56 Å². The molecule has 1 fully saturated rings. The number of aromatic carboxylic acids is 1. The zero-order valence-electron chi connectivity index (χ0n) is 10.0. The van der Waals surface area contributed by atoms with Gasteiger partial charge in [-0.05, 0) is 25.0 Å². The van der Waals surface area contributed by atoms with E-state index in [1.807, 2.05) is 0 Å². The molecule has 0 aliphatic carbocycles. The quantitative estimate of drug-likeness (QED) is 0.711. The van der Waals surface area contributed by atoms with Crippen LogP contribution in [-0.4, -0.2) is 42.0 Å². The predicted octanol–water partition coefficient (Wildman–Crippen LogP) is 0.843. The van der Waals surface area contributed by atoms with Gasteiger partial charge >= 0.3 is 16.2 Å².